The summed E-state index contributed by atoms with van der Waals surface area (Å²) >= 11 is 8.59. The van der Waals surface area contributed by atoms with Crippen LogP contribution in [-0.4, -0.2) is 37.9 Å². The van der Waals surface area contributed by atoms with Gasteiger partial charge in [-0.1, -0.05) is 46.8 Å². The number of hydrogen-bond acceptors (Lipinski definition) is 7. The van der Waals surface area contributed by atoms with Gasteiger partial charge in [-0.3, -0.25) is 9.59 Å². The van der Waals surface area contributed by atoms with Crippen molar-refractivity contribution in [3.8, 4) is 11.3 Å². The van der Waals surface area contributed by atoms with Gasteiger partial charge in [0.1, 0.15) is 10.7 Å². The molecule has 0 saturated heterocycles. The molecule has 0 saturated carbocycles. The molecular formula is C15H11ClN4O2S2. The molecule has 0 spiro atoms. The maximum atomic E-state index is 12.3. The first-order valence-electron chi connectivity index (χ1n) is 6.83. The molecule has 0 atom stereocenters. The van der Waals surface area contributed by atoms with Crippen molar-refractivity contribution in [1.29, 1.82) is 0 Å². The van der Waals surface area contributed by atoms with Crippen LogP contribution in [0.2, 0.25) is 5.02 Å². The summed E-state index contributed by atoms with van der Waals surface area (Å²) in [6, 6.07) is 6.93. The number of benzene rings is 1. The van der Waals surface area contributed by atoms with Crippen LogP contribution >= 0.6 is 34.7 Å². The van der Waals surface area contributed by atoms with Gasteiger partial charge in [-0.15, -0.1) is 10.2 Å². The van der Waals surface area contributed by atoms with E-state index in [1.54, 1.807) is 24.3 Å². The molecule has 122 valence electrons. The third kappa shape index (κ3) is 3.72. The summed E-state index contributed by atoms with van der Waals surface area (Å²) in [5.41, 5.74) is 1.52. The number of nitrogens with zero attached hydrogens (tertiary/aromatic N) is 4. The number of aryl methyl sites for hydroxylation is 1. The van der Waals surface area contributed by atoms with E-state index in [1.165, 1.54) is 34.0 Å². The molecule has 0 unspecified atom stereocenters. The number of thioether (sulfide) groups is 1. The highest BCUT2D eigenvalue weighted by Gasteiger charge is 2.15. The van der Waals surface area contributed by atoms with E-state index < -0.39 is 0 Å². The molecule has 24 heavy (non-hydrogen) atoms. The van der Waals surface area contributed by atoms with Gasteiger partial charge in [-0.2, -0.15) is 5.10 Å². The normalized spacial score (nSPS) is 10.8. The highest BCUT2D eigenvalue weighted by molar-refractivity contribution is 8.01. The number of halogens is 1. The van der Waals surface area contributed by atoms with Crippen molar-refractivity contribution in [3.05, 3.63) is 46.1 Å². The Balaban J connectivity index is 1.79. The molecule has 2 aromatic heterocycles. The average Bonchev–Trinajstić information content (AvgIpc) is 3.19. The van der Waals surface area contributed by atoms with Crippen molar-refractivity contribution in [3.63, 3.8) is 0 Å². The Hall–Kier alpha value is -2.03. The van der Waals surface area contributed by atoms with Gasteiger partial charge in [0.15, 0.2) is 10.6 Å². The maximum absolute atomic E-state index is 12.3. The number of aromatic nitrogens is 4. The van der Waals surface area contributed by atoms with Crippen LogP contribution in [-0.2, 0) is 0 Å². The first-order chi connectivity index (χ1) is 11.6. The van der Waals surface area contributed by atoms with Gasteiger partial charge in [-0.25, -0.2) is 4.68 Å². The van der Waals surface area contributed by atoms with Crippen molar-refractivity contribution in [2.24, 2.45) is 0 Å². The molecule has 0 aliphatic rings. The van der Waals surface area contributed by atoms with Crippen LogP contribution in [0.5, 0.6) is 0 Å². The largest absolute Gasteiger partial charge is 0.298 e. The topological polar surface area (TPSA) is 77.7 Å². The number of aldehydes is 1. The van der Waals surface area contributed by atoms with Gasteiger partial charge >= 0.3 is 0 Å². The molecule has 3 aromatic rings. The Morgan fingerprint density at radius 1 is 1.33 bits per heavy atom. The van der Waals surface area contributed by atoms with Crippen molar-refractivity contribution >= 4 is 46.9 Å². The summed E-state index contributed by atoms with van der Waals surface area (Å²) < 4.78 is 1.91. The Morgan fingerprint density at radius 2 is 2.08 bits per heavy atom. The van der Waals surface area contributed by atoms with E-state index in [0.717, 1.165) is 14.9 Å². The fraction of sp³-hybridized carbons (Fsp3) is 0.133. The third-order valence-electron chi connectivity index (χ3n) is 3.07. The summed E-state index contributed by atoms with van der Waals surface area (Å²) in [6.45, 7) is 1.85. The zero-order chi connectivity index (χ0) is 17.1. The minimum atomic E-state index is -0.240. The highest BCUT2D eigenvalue weighted by atomic mass is 35.5. The molecule has 0 aliphatic heterocycles. The lowest BCUT2D eigenvalue weighted by molar-refractivity contribution is 0.0927. The molecule has 0 radical (unpaired) electrons. The molecule has 6 nitrogen and oxygen atoms in total. The second kappa shape index (κ2) is 7.25. The van der Waals surface area contributed by atoms with E-state index in [-0.39, 0.29) is 11.7 Å². The Bertz CT molecular complexity index is 889. The first-order valence-corrected chi connectivity index (χ1v) is 9.01. The summed E-state index contributed by atoms with van der Waals surface area (Å²) in [5.74, 6) is -0.0783. The van der Waals surface area contributed by atoms with E-state index in [2.05, 4.69) is 15.3 Å². The predicted molar refractivity (Wildman–Crippen MR) is 94.1 cm³/mol. The number of rotatable bonds is 5. The summed E-state index contributed by atoms with van der Waals surface area (Å²) in [4.78, 5) is 23.6. The van der Waals surface area contributed by atoms with Gasteiger partial charge in [-0.05, 0) is 19.1 Å². The van der Waals surface area contributed by atoms with Crippen molar-refractivity contribution in [1.82, 2.24) is 20.0 Å². The van der Waals surface area contributed by atoms with E-state index in [9.17, 15) is 9.59 Å². The van der Waals surface area contributed by atoms with Gasteiger partial charge in [0.2, 0.25) is 0 Å². The van der Waals surface area contributed by atoms with Gasteiger partial charge in [0.05, 0.1) is 11.3 Å². The van der Waals surface area contributed by atoms with Crippen LogP contribution in [0.15, 0.2) is 34.8 Å². The molecule has 3 rings (SSSR count). The van der Waals surface area contributed by atoms with Crippen LogP contribution in [0.3, 0.4) is 0 Å². The van der Waals surface area contributed by atoms with Crippen molar-refractivity contribution < 1.29 is 9.59 Å². The van der Waals surface area contributed by atoms with Crippen LogP contribution in [0.4, 0.5) is 0 Å². The van der Waals surface area contributed by atoms with Gasteiger partial charge in [0, 0.05) is 16.8 Å². The van der Waals surface area contributed by atoms with Crippen LogP contribution in [0, 0.1) is 6.92 Å². The number of carbonyl (C=O) groups is 2. The first kappa shape index (κ1) is 16.8. The summed E-state index contributed by atoms with van der Waals surface area (Å²) in [5, 5.41) is 13.5. The highest BCUT2D eigenvalue weighted by Crippen LogP contribution is 2.24. The fourth-order valence-electron chi connectivity index (χ4n) is 1.96. The van der Waals surface area contributed by atoms with Crippen molar-refractivity contribution in [2.75, 3.05) is 5.75 Å². The van der Waals surface area contributed by atoms with Crippen LogP contribution in [0.1, 0.15) is 20.2 Å². The Morgan fingerprint density at radius 3 is 2.71 bits per heavy atom. The molecule has 1 aromatic carbocycles. The molecular weight excluding hydrogens is 368 g/mol. The molecule has 0 fully saturated rings. The number of hydrogen-bond donors (Lipinski definition) is 0. The average molecular weight is 379 g/mol. The minimum Gasteiger partial charge on any atom is -0.298 e. The number of carbonyl (C=O) groups excluding carboxylic acids is 2. The predicted octanol–water partition coefficient (Wildman–Crippen LogP) is 3.61. The molecule has 0 aliphatic carbocycles. The quantitative estimate of drug-likeness (QED) is 0.498. The summed E-state index contributed by atoms with van der Waals surface area (Å²) in [7, 11) is 0. The zero-order valence-corrected chi connectivity index (χ0v) is 14.9. The van der Waals surface area contributed by atoms with Crippen LogP contribution < -0.4 is 0 Å². The lowest BCUT2D eigenvalue weighted by atomic mass is 10.1. The van der Waals surface area contributed by atoms with E-state index in [0.29, 0.717) is 22.6 Å². The zero-order valence-electron chi connectivity index (χ0n) is 12.5. The van der Waals surface area contributed by atoms with Crippen molar-refractivity contribution in [2.45, 2.75) is 11.3 Å². The van der Waals surface area contributed by atoms with Gasteiger partial charge in [0.25, 0.3) is 5.91 Å². The third-order valence-corrected chi connectivity index (χ3v) is 5.28. The molecule has 2 heterocycles. The summed E-state index contributed by atoms with van der Waals surface area (Å²) in [6.07, 6.45) is 2.12. The maximum Gasteiger partial charge on any atom is 0.257 e. The van der Waals surface area contributed by atoms with Crippen LogP contribution in [0.25, 0.3) is 11.3 Å². The lowest BCUT2D eigenvalue weighted by Crippen LogP contribution is -2.13. The van der Waals surface area contributed by atoms with E-state index >= 15 is 0 Å². The van der Waals surface area contributed by atoms with E-state index in [4.69, 9.17) is 11.6 Å². The van der Waals surface area contributed by atoms with Gasteiger partial charge < -0.3 is 0 Å². The molecule has 0 amide bonds. The second-order valence-corrected chi connectivity index (χ2v) is 7.61. The fourth-order valence-corrected chi connectivity index (χ4v) is 3.75. The Kier molecular flexibility index (Phi) is 5.08. The van der Waals surface area contributed by atoms with E-state index in [1.807, 2.05) is 6.92 Å². The molecule has 0 bridgehead atoms. The molecule has 9 heteroatoms. The minimum absolute atomic E-state index is 0.161. The monoisotopic (exact) mass is 378 g/mol. The molecule has 0 N–H and O–H groups in total. The second-order valence-electron chi connectivity index (χ2n) is 4.77. The standard InChI is InChI=1S/C15H11ClN4O2S2/c1-9-17-18-15(24-9)23-8-13(22)20-6-11(7-21)14(19-20)10-2-4-12(16)5-3-10/h2-7H,8H2,1H3. The lowest BCUT2D eigenvalue weighted by Gasteiger charge is -1.99. The Labute approximate surface area is 150 Å². The SMILES string of the molecule is Cc1nnc(SCC(=O)n2cc(C=O)c(-c3ccc(Cl)cc3)n2)s1. The smallest absolute Gasteiger partial charge is 0.257 e.